The molecule has 1 aliphatic heterocycles. The van der Waals surface area contributed by atoms with Gasteiger partial charge in [-0.2, -0.15) is 0 Å². The predicted molar refractivity (Wildman–Crippen MR) is 69.8 cm³/mol. The van der Waals surface area contributed by atoms with Gasteiger partial charge >= 0.3 is 0 Å². The van der Waals surface area contributed by atoms with Crippen molar-refractivity contribution in [3.05, 3.63) is 48.5 Å². The first-order valence-electron chi connectivity index (χ1n) is 6.32. The first-order chi connectivity index (χ1) is 8.93. The Hall–Kier alpha value is -1.81. The first-order valence-corrected chi connectivity index (χ1v) is 6.32. The van der Waals surface area contributed by atoms with Crippen LogP contribution in [0.3, 0.4) is 0 Å². The van der Waals surface area contributed by atoms with Crippen molar-refractivity contribution < 1.29 is 4.74 Å². The van der Waals surface area contributed by atoms with Crippen molar-refractivity contribution >= 4 is 0 Å². The van der Waals surface area contributed by atoms with E-state index < -0.39 is 0 Å². The lowest BCUT2D eigenvalue weighted by Gasteiger charge is -2.27. The summed E-state index contributed by atoms with van der Waals surface area (Å²) < 4.78 is 7.89. The number of para-hydroxylation sites is 1. The number of aromatic nitrogens is 2. The van der Waals surface area contributed by atoms with E-state index in [2.05, 4.69) is 14.9 Å². The summed E-state index contributed by atoms with van der Waals surface area (Å²) in [5.74, 6) is 1.54. The zero-order chi connectivity index (χ0) is 12.2. The highest BCUT2D eigenvalue weighted by Crippen LogP contribution is 2.19. The lowest BCUT2D eigenvalue weighted by atomic mass is 10.00. The second-order valence-corrected chi connectivity index (χ2v) is 4.53. The van der Waals surface area contributed by atoms with Crippen LogP contribution in [0, 0.1) is 0 Å². The van der Waals surface area contributed by atoms with E-state index in [-0.39, 0.29) is 0 Å². The Morgan fingerprint density at radius 2 is 2.11 bits per heavy atom. The Kier molecular flexibility index (Phi) is 3.28. The highest BCUT2D eigenvalue weighted by Gasteiger charge is 2.22. The Bertz CT molecular complexity index is 491. The summed E-state index contributed by atoms with van der Waals surface area (Å²) in [4.78, 5) is 4.23. The fourth-order valence-corrected chi connectivity index (χ4v) is 2.13. The van der Waals surface area contributed by atoms with Gasteiger partial charge in [-0.3, -0.25) is 0 Å². The van der Waals surface area contributed by atoms with Gasteiger partial charge in [0.15, 0.2) is 0 Å². The van der Waals surface area contributed by atoms with Crippen molar-refractivity contribution in [2.45, 2.75) is 12.5 Å². The molecule has 0 unspecified atom stereocenters. The predicted octanol–water partition coefficient (Wildman–Crippen LogP) is 1.65. The van der Waals surface area contributed by atoms with Crippen LogP contribution >= 0.6 is 0 Å². The van der Waals surface area contributed by atoms with Crippen molar-refractivity contribution in [1.82, 2.24) is 14.9 Å². The number of hydrogen-bond acceptors (Lipinski definition) is 3. The minimum atomic E-state index is 0.615. The third-order valence-corrected chi connectivity index (χ3v) is 3.29. The molecule has 0 bridgehead atoms. The van der Waals surface area contributed by atoms with Crippen LogP contribution in [0.15, 0.2) is 42.9 Å². The molecule has 0 spiro atoms. The van der Waals surface area contributed by atoms with Crippen LogP contribution < -0.4 is 10.1 Å². The van der Waals surface area contributed by atoms with Crippen LogP contribution in [-0.4, -0.2) is 29.2 Å². The zero-order valence-electron chi connectivity index (χ0n) is 10.2. The molecule has 18 heavy (non-hydrogen) atoms. The lowest BCUT2D eigenvalue weighted by molar-refractivity contribution is 0.292. The zero-order valence-corrected chi connectivity index (χ0v) is 10.2. The molecule has 0 radical (unpaired) electrons. The number of benzene rings is 1. The molecule has 1 aromatic carbocycles. The highest BCUT2D eigenvalue weighted by atomic mass is 16.5. The highest BCUT2D eigenvalue weighted by molar-refractivity contribution is 5.20. The van der Waals surface area contributed by atoms with E-state index in [1.54, 1.807) is 0 Å². The molecule has 1 saturated heterocycles. The van der Waals surface area contributed by atoms with E-state index >= 15 is 0 Å². The van der Waals surface area contributed by atoms with E-state index in [9.17, 15) is 0 Å². The Morgan fingerprint density at radius 3 is 2.83 bits per heavy atom. The van der Waals surface area contributed by atoms with Crippen LogP contribution in [0.2, 0.25) is 0 Å². The first kappa shape index (κ1) is 11.3. The Morgan fingerprint density at radius 1 is 1.28 bits per heavy atom. The standard InChI is InChI=1S/C14H17N3O/c1-2-4-13(5-3-1)18-7-6-17-11-16-10-14(17)12-8-15-9-12/h1-5,10-12,15H,6-9H2. The monoisotopic (exact) mass is 243 g/mol. The second kappa shape index (κ2) is 5.23. The van der Waals surface area contributed by atoms with E-state index in [4.69, 9.17) is 4.74 Å². The molecule has 1 fully saturated rings. The molecule has 4 nitrogen and oxygen atoms in total. The van der Waals surface area contributed by atoms with Crippen molar-refractivity contribution in [2.75, 3.05) is 19.7 Å². The number of imidazole rings is 1. The fraction of sp³-hybridized carbons (Fsp3) is 0.357. The van der Waals surface area contributed by atoms with Gasteiger partial charge in [0.2, 0.25) is 0 Å². The van der Waals surface area contributed by atoms with E-state index in [0.29, 0.717) is 12.5 Å². The summed E-state index contributed by atoms with van der Waals surface area (Å²) in [6, 6.07) is 9.91. The molecule has 0 aliphatic carbocycles. The summed E-state index contributed by atoms with van der Waals surface area (Å²) in [5.41, 5.74) is 1.31. The average molecular weight is 243 g/mol. The summed E-state index contributed by atoms with van der Waals surface area (Å²) >= 11 is 0. The Labute approximate surface area is 107 Å². The van der Waals surface area contributed by atoms with Crippen LogP contribution in [0.25, 0.3) is 0 Å². The quantitative estimate of drug-likeness (QED) is 0.868. The SMILES string of the molecule is c1ccc(OCCn2cncc2C2CNC2)cc1. The van der Waals surface area contributed by atoms with E-state index in [1.807, 2.05) is 42.9 Å². The molecule has 0 atom stereocenters. The van der Waals surface area contributed by atoms with E-state index in [0.717, 1.165) is 25.4 Å². The van der Waals surface area contributed by atoms with Crippen LogP contribution in [0.5, 0.6) is 5.75 Å². The average Bonchev–Trinajstić information content (AvgIpc) is 2.77. The molecule has 0 saturated carbocycles. The minimum Gasteiger partial charge on any atom is -0.492 e. The topological polar surface area (TPSA) is 39.1 Å². The third-order valence-electron chi connectivity index (χ3n) is 3.29. The van der Waals surface area contributed by atoms with Crippen molar-refractivity contribution in [2.24, 2.45) is 0 Å². The van der Waals surface area contributed by atoms with Crippen LogP contribution in [0.1, 0.15) is 11.6 Å². The maximum absolute atomic E-state index is 5.70. The molecule has 1 aliphatic rings. The molecule has 3 rings (SSSR count). The second-order valence-electron chi connectivity index (χ2n) is 4.53. The van der Waals surface area contributed by atoms with Crippen molar-refractivity contribution in [3.63, 3.8) is 0 Å². The molecule has 1 aromatic heterocycles. The van der Waals surface area contributed by atoms with Crippen LogP contribution in [-0.2, 0) is 6.54 Å². The molecule has 94 valence electrons. The number of ether oxygens (including phenoxy) is 1. The molecule has 2 aromatic rings. The van der Waals surface area contributed by atoms with Gasteiger partial charge in [-0.1, -0.05) is 18.2 Å². The molecule has 2 heterocycles. The van der Waals surface area contributed by atoms with Gasteiger partial charge in [0.05, 0.1) is 12.9 Å². The van der Waals surface area contributed by atoms with Gasteiger partial charge in [0.25, 0.3) is 0 Å². The molecule has 1 N–H and O–H groups in total. The number of hydrogen-bond donors (Lipinski definition) is 1. The van der Waals surface area contributed by atoms with Crippen molar-refractivity contribution in [1.29, 1.82) is 0 Å². The maximum atomic E-state index is 5.70. The third kappa shape index (κ3) is 2.38. The maximum Gasteiger partial charge on any atom is 0.119 e. The van der Waals surface area contributed by atoms with Gasteiger partial charge in [-0.05, 0) is 12.1 Å². The number of rotatable bonds is 5. The molecule has 4 heteroatoms. The molecular weight excluding hydrogens is 226 g/mol. The smallest absolute Gasteiger partial charge is 0.119 e. The fourth-order valence-electron chi connectivity index (χ4n) is 2.13. The van der Waals surface area contributed by atoms with Crippen LogP contribution in [0.4, 0.5) is 0 Å². The summed E-state index contributed by atoms with van der Waals surface area (Å²) in [6.45, 7) is 3.64. The number of nitrogens with one attached hydrogen (secondary N) is 1. The molecule has 0 amide bonds. The number of nitrogens with zero attached hydrogens (tertiary/aromatic N) is 2. The lowest BCUT2D eigenvalue weighted by Crippen LogP contribution is -2.41. The Balaban J connectivity index is 1.55. The van der Waals surface area contributed by atoms with Gasteiger partial charge in [-0.15, -0.1) is 0 Å². The normalized spacial score (nSPS) is 15.3. The summed E-state index contributed by atoms with van der Waals surface area (Å²) in [5, 5.41) is 3.29. The van der Waals surface area contributed by atoms with Crippen molar-refractivity contribution in [3.8, 4) is 5.75 Å². The van der Waals surface area contributed by atoms with Gasteiger partial charge in [0.1, 0.15) is 12.4 Å². The summed E-state index contributed by atoms with van der Waals surface area (Å²) in [6.07, 6.45) is 3.86. The minimum absolute atomic E-state index is 0.615. The van der Waals surface area contributed by atoms with Gasteiger partial charge < -0.3 is 14.6 Å². The largest absolute Gasteiger partial charge is 0.492 e. The molecular formula is C14H17N3O. The summed E-state index contributed by atoms with van der Waals surface area (Å²) in [7, 11) is 0. The van der Waals surface area contributed by atoms with Gasteiger partial charge in [-0.25, -0.2) is 4.98 Å². The van der Waals surface area contributed by atoms with Gasteiger partial charge in [0, 0.05) is 30.9 Å². The van der Waals surface area contributed by atoms with E-state index in [1.165, 1.54) is 5.69 Å².